The molecule has 1 fully saturated rings. The largest absolute Gasteiger partial charge is 0.497 e. The van der Waals surface area contributed by atoms with Crippen LogP contribution in [-0.4, -0.2) is 36.2 Å². The highest BCUT2D eigenvalue weighted by Crippen LogP contribution is 2.24. The zero-order valence-corrected chi connectivity index (χ0v) is 15.7. The van der Waals surface area contributed by atoms with Gasteiger partial charge in [-0.15, -0.1) is 0 Å². The number of hydrogen-bond acceptors (Lipinski definition) is 6. The molecule has 1 saturated heterocycles. The van der Waals surface area contributed by atoms with Gasteiger partial charge in [-0.3, -0.25) is 4.79 Å². The molecule has 0 saturated carbocycles. The van der Waals surface area contributed by atoms with Crippen LogP contribution < -0.4 is 15.0 Å². The maximum atomic E-state index is 12.4. The topological polar surface area (TPSA) is 80.5 Å². The van der Waals surface area contributed by atoms with Crippen LogP contribution in [0.2, 0.25) is 0 Å². The first-order valence-corrected chi connectivity index (χ1v) is 9.33. The van der Waals surface area contributed by atoms with Crippen LogP contribution >= 0.6 is 0 Å². The molecule has 1 aliphatic heterocycles. The van der Waals surface area contributed by atoms with Crippen molar-refractivity contribution in [2.75, 3.05) is 30.4 Å². The van der Waals surface area contributed by atoms with Gasteiger partial charge in [0.1, 0.15) is 12.2 Å². The first kappa shape index (κ1) is 18.0. The first-order chi connectivity index (χ1) is 13.7. The van der Waals surface area contributed by atoms with Gasteiger partial charge in [-0.1, -0.05) is 11.2 Å². The Bertz CT molecular complexity index is 946. The number of methoxy groups -OCH3 is 1. The summed E-state index contributed by atoms with van der Waals surface area (Å²) < 4.78 is 10.4. The molecular formula is C21H22N4O3. The molecule has 1 N–H and O–H groups in total. The maximum absolute atomic E-state index is 12.4. The van der Waals surface area contributed by atoms with E-state index in [4.69, 9.17) is 9.26 Å². The van der Waals surface area contributed by atoms with Gasteiger partial charge in [0.05, 0.1) is 7.11 Å². The van der Waals surface area contributed by atoms with Crippen LogP contribution in [0.1, 0.15) is 18.7 Å². The van der Waals surface area contributed by atoms with Gasteiger partial charge in [-0.2, -0.15) is 4.98 Å². The molecule has 144 valence electrons. The third kappa shape index (κ3) is 4.14. The Kier molecular flexibility index (Phi) is 5.23. The number of nitrogens with one attached hydrogen (secondary N) is 1. The van der Waals surface area contributed by atoms with Crippen molar-refractivity contribution in [2.45, 2.75) is 19.3 Å². The van der Waals surface area contributed by atoms with Crippen molar-refractivity contribution >= 4 is 17.3 Å². The molecule has 3 aromatic rings. The molecule has 0 radical (unpaired) electrons. The second-order valence-corrected chi connectivity index (χ2v) is 6.71. The minimum atomic E-state index is -0.191. The fraction of sp³-hybridized carbons (Fsp3) is 0.286. The summed E-state index contributed by atoms with van der Waals surface area (Å²) in [6, 6.07) is 15.2. The summed E-state index contributed by atoms with van der Waals surface area (Å²) in [6.45, 7) is 2.13. The van der Waals surface area contributed by atoms with Crippen molar-refractivity contribution in [2.24, 2.45) is 0 Å². The van der Waals surface area contributed by atoms with Crippen molar-refractivity contribution in [3.63, 3.8) is 0 Å². The van der Waals surface area contributed by atoms with Crippen molar-refractivity contribution in [3.05, 3.63) is 54.4 Å². The fourth-order valence-corrected chi connectivity index (χ4v) is 3.28. The summed E-state index contributed by atoms with van der Waals surface area (Å²) >= 11 is 0. The lowest BCUT2D eigenvalue weighted by molar-refractivity contribution is -0.115. The van der Waals surface area contributed by atoms with Crippen molar-refractivity contribution < 1.29 is 14.1 Å². The van der Waals surface area contributed by atoms with Crippen LogP contribution in [0.15, 0.2) is 53.1 Å². The number of nitrogens with zero attached hydrogens (tertiary/aromatic N) is 3. The number of hydrogen-bond donors (Lipinski definition) is 1. The number of carbonyl (C=O) groups excluding carboxylic acids is 1. The average Bonchev–Trinajstić information content (AvgIpc) is 3.40. The van der Waals surface area contributed by atoms with Crippen LogP contribution in [0.3, 0.4) is 0 Å². The summed E-state index contributed by atoms with van der Waals surface area (Å²) in [5.41, 5.74) is 2.70. The molecule has 0 bridgehead atoms. The number of benzene rings is 2. The lowest BCUT2D eigenvalue weighted by Crippen LogP contribution is -2.18. The van der Waals surface area contributed by atoms with Crippen LogP contribution in [0.5, 0.6) is 5.75 Å². The molecule has 4 rings (SSSR count). The molecule has 0 atom stereocenters. The van der Waals surface area contributed by atoms with Gasteiger partial charge in [-0.25, -0.2) is 0 Å². The third-order valence-electron chi connectivity index (χ3n) is 4.73. The van der Waals surface area contributed by atoms with Crippen LogP contribution in [0.4, 0.5) is 11.4 Å². The van der Waals surface area contributed by atoms with E-state index in [0.717, 1.165) is 35.8 Å². The van der Waals surface area contributed by atoms with Crippen LogP contribution in [-0.2, 0) is 11.2 Å². The second-order valence-electron chi connectivity index (χ2n) is 6.71. The molecule has 7 heteroatoms. The number of rotatable bonds is 6. The van der Waals surface area contributed by atoms with Gasteiger partial charge >= 0.3 is 0 Å². The predicted molar refractivity (Wildman–Crippen MR) is 107 cm³/mol. The van der Waals surface area contributed by atoms with E-state index in [-0.39, 0.29) is 18.2 Å². The van der Waals surface area contributed by atoms with E-state index in [1.165, 1.54) is 12.8 Å². The number of amides is 1. The van der Waals surface area contributed by atoms with E-state index in [9.17, 15) is 4.79 Å². The van der Waals surface area contributed by atoms with E-state index >= 15 is 0 Å². The molecule has 2 heterocycles. The Hall–Kier alpha value is -3.35. The van der Waals surface area contributed by atoms with E-state index in [2.05, 4.69) is 26.4 Å². The maximum Gasteiger partial charge on any atom is 0.236 e. The van der Waals surface area contributed by atoms with Gasteiger partial charge in [0.2, 0.25) is 17.6 Å². The molecule has 0 unspecified atom stereocenters. The summed E-state index contributed by atoms with van der Waals surface area (Å²) in [5, 5.41) is 6.86. The highest BCUT2D eigenvalue weighted by molar-refractivity contribution is 5.92. The van der Waals surface area contributed by atoms with Gasteiger partial charge in [0, 0.05) is 30.0 Å². The first-order valence-electron chi connectivity index (χ1n) is 9.33. The summed E-state index contributed by atoms with van der Waals surface area (Å²) in [5.74, 6) is 1.28. The Balaban J connectivity index is 1.39. The van der Waals surface area contributed by atoms with Gasteiger partial charge in [0.25, 0.3) is 0 Å². The molecule has 1 aromatic heterocycles. The molecule has 0 spiro atoms. The normalized spacial score (nSPS) is 13.5. The number of anilines is 2. The van der Waals surface area contributed by atoms with Crippen molar-refractivity contribution in [1.29, 1.82) is 0 Å². The molecule has 28 heavy (non-hydrogen) atoms. The zero-order valence-electron chi connectivity index (χ0n) is 15.7. The van der Waals surface area contributed by atoms with Gasteiger partial charge < -0.3 is 19.5 Å². The van der Waals surface area contributed by atoms with E-state index in [0.29, 0.717) is 5.82 Å². The van der Waals surface area contributed by atoms with Crippen molar-refractivity contribution in [1.82, 2.24) is 10.1 Å². The third-order valence-corrected chi connectivity index (χ3v) is 4.73. The van der Waals surface area contributed by atoms with Crippen molar-refractivity contribution in [3.8, 4) is 17.1 Å². The second kappa shape index (κ2) is 8.12. The summed E-state index contributed by atoms with van der Waals surface area (Å²) in [7, 11) is 1.61. The predicted octanol–water partition coefficient (Wildman–Crippen LogP) is 3.53. The van der Waals surface area contributed by atoms with Crippen LogP contribution in [0.25, 0.3) is 11.4 Å². The Morgan fingerprint density at radius 3 is 2.71 bits per heavy atom. The summed E-state index contributed by atoms with van der Waals surface area (Å²) in [4.78, 5) is 19.0. The monoisotopic (exact) mass is 378 g/mol. The smallest absolute Gasteiger partial charge is 0.236 e. The molecule has 1 aliphatic rings. The molecule has 2 aromatic carbocycles. The van der Waals surface area contributed by atoms with Gasteiger partial charge in [0.15, 0.2) is 0 Å². The Morgan fingerprint density at radius 2 is 1.96 bits per heavy atom. The number of carbonyl (C=O) groups is 1. The molecule has 0 aliphatic carbocycles. The van der Waals surface area contributed by atoms with Gasteiger partial charge in [-0.05, 0) is 55.3 Å². The standard InChI is InChI=1S/C21H22N4O3/c1-27-18-9-7-15(8-10-18)21-23-20(28-24-21)14-19(26)22-16-5-4-6-17(13-16)25-11-2-3-12-25/h4-10,13H,2-3,11-12,14H2,1H3,(H,22,26). The summed E-state index contributed by atoms with van der Waals surface area (Å²) in [6.07, 6.45) is 2.45. The average molecular weight is 378 g/mol. The van der Waals surface area contributed by atoms with E-state index < -0.39 is 0 Å². The Labute approximate surface area is 163 Å². The zero-order chi connectivity index (χ0) is 19.3. The minimum absolute atomic E-state index is 0.0249. The quantitative estimate of drug-likeness (QED) is 0.707. The highest BCUT2D eigenvalue weighted by atomic mass is 16.5. The molecular weight excluding hydrogens is 356 g/mol. The SMILES string of the molecule is COc1ccc(-c2noc(CC(=O)Nc3cccc(N4CCCC4)c3)n2)cc1. The lowest BCUT2D eigenvalue weighted by atomic mass is 10.2. The Morgan fingerprint density at radius 1 is 1.18 bits per heavy atom. The lowest BCUT2D eigenvalue weighted by Gasteiger charge is -2.18. The fourth-order valence-electron chi connectivity index (χ4n) is 3.28. The number of aromatic nitrogens is 2. The van der Waals surface area contributed by atoms with Crippen LogP contribution in [0, 0.1) is 0 Å². The van der Waals surface area contributed by atoms with E-state index in [1.54, 1.807) is 7.11 Å². The molecule has 7 nitrogen and oxygen atoms in total. The minimum Gasteiger partial charge on any atom is -0.497 e. The highest BCUT2D eigenvalue weighted by Gasteiger charge is 2.15. The van der Waals surface area contributed by atoms with E-state index in [1.807, 2.05) is 42.5 Å². The molecule has 1 amide bonds. The number of ether oxygens (including phenoxy) is 1.